The lowest BCUT2D eigenvalue weighted by Gasteiger charge is -1.91. The van der Waals surface area contributed by atoms with Crippen LogP contribution in [0.5, 0.6) is 0 Å². The Morgan fingerprint density at radius 3 is 2.00 bits per heavy atom. The van der Waals surface area contributed by atoms with Crippen LogP contribution in [0.2, 0.25) is 0 Å². The lowest BCUT2D eigenvalue weighted by atomic mass is 10.2. The third kappa shape index (κ3) is 5.29. The van der Waals surface area contributed by atoms with Crippen LogP contribution >= 0.6 is 0 Å². The number of hydrogen-bond donors (Lipinski definition) is 0. The van der Waals surface area contributed by atoms with Crippen molar-refractivity contribution in [2.24, 2.45) is 0 Å². The summed E-state index contributed by atoms with van der Waals surface area (Å²) in [6.07, 6.45) is 3.32. The van der Waals surface area contributed by atoms with Crippen LogP contribution in [-0.4, -0.2) is 0 Å². The molecule has 0 bridgehead atoms. The van der Waals surface area contributed by atoms with E-state index in [1.807, 2.05) is 26.8 Å². The van der Waals surface area contributed by atoms with Crippen LogP contribution < -0.4 is 0 Å². The van der Waals surface area contributed by atoms with E-state index < -0.39 is 5.83 Å². The van der Waals surface area contributed by atoms with E-state index in [1.54, 1.807) is 0 Å². The number of rotatable bonds is 2. The molecule has 0 heterocycles. The fourth-order valence-electron chi connectivity index (χ4n) is 0.744. The fourth-order valence-corrected chi connectivity index (χ4v) is 0.744. The van der Waals surface area contributed by atoms with E-state index in [4.69, 9.17) is 0 Å². The smallest absolute Gasteiger partial charge is 0.116 e. The summed E-state index contributed by atoms with van der Waals surface area (Å²) in [4.78, 5) is 0. The van der Waals surface area contributed by atoms with E-state index in [9.17, 15) is 4.39 Å². The van der Waals surface area contributed by atoms with Crippen LogP contribution in [0, 0.1) is 0 Å². The number of halogens is 1. The summed E-state index contributed by atoms with van der Waals surface area (Å²) in [7, 11) is 0. The van der Waals surface area contributed by atoms with Gasteiger partial charge < -0.3 is 0 Å². The fraction of sp³-hybridized carbons (Fsp3) is 0.333. The molecule has 0 aliphatic carbocycles. The molecule has 0 fully saturated rings. The lowest BCUT2D eigenvalue weighted by Crippen LogP contribution is -1.71. The van der Waals surface area contributed by atoms with Crippen molar-refractivity contribution in [1.82, 2.24) is 0 Å². The van der Waals surface area contributed by atoms with Crippen molar-refractivity contribution in [1.29, 1.82) is 0 Å². The molecule has 0 nitrogen and oxygen atoms in total. The van der Waals surface area contributed by atoms with Crippen molar-refractivity contribution in [2.75, 3.05) is 0 Å². The van der Waals surface area contributed by atoms with Gasteiger partial charge in [-0.3, -0.25) is 0 Å². The molecule has 0 aromatic rings. The first-order chi connectivity index (χ1) is 4.52. The summed E-state index contributed by atoms with van der Waals surface area (Å²) in [6.45, 7) is 8.92. The third-order valence-corrected chi connectivity index (χ3v) is 0.901. The van der Waals surface area contributed by atoms with Crippen LogP contribution in [0.1, 0.15) is 20.8 Å². The largest absolute Gasteiger partial charge is 0.208 e. The molecule has 0 unspecified atom stereocenters. The SMILES string of the molecule is C=C(F)/C=C(/C)C=C(C)C. The van der Waals surface area contributed by atoms with Gasteiger partial charge in [0.15, 0.2) is 0 Å². The maximum atomic E-state index is 12.1. The van der Waals surface area contributed by atoms with Gasteiger partial charge in [-0.25, -0.2) is 4.39 Å². The van der Waals surface area contributed by atoms with Crippen molar-refractivity contribution in [3.63, 3.8) is 0 Å². The summed E-state index contributed by atoms with van der Waals surface area (Å²) < 4.78 is 12.1. The van der Waals surface area contributed by atoms with E-state index >= 15 is 0 Å². The molecular formula is C9H13F. The van der Waals surface area contributed by atoms with Gasteiger partial charge in [0, 0.05) is 0 Å². The second kappa shape index (κ2) is 4.04. The molecule has 0 aromatic carbocycles. The Hall–Kier alpha value is -0.850. The first kappa shape index (κ1) is 9.15. The highest BCUT2D eigenvalue weighted by Gasteiger charge is 1.85. The maximum Gasteiger partial charge on any atom is 0.116 e. The molecular weight excluding hydrogens is 127 g/mol. The Kier molecular flexibility index (Phi) is 3.70. The molecule has 0 aliphatic heterocycles. The molecule has 0 rings (SSSR count). The zero-order valence-corrected chi connectivity index (χ0v) is 6.74. The van der Waals surface area contributed by atoms with Crippen LogP contribution in [0.4, 0.5) is 4.39 Å². The van der Waals surface area contributed by atoms with Gasteiger partial charge in [0.25, 0.3) is 0 Å². The highest BCUT2D eigenvalue weighted by Crippen LogP contribution is 2.04. The Morgan fingerprint density at radius 2 is 1.70 bits per heavy atom. The quantitative estimate of drug-likeness (QED) is 0.516. The molecule has 0 saturated heterocycles. The van der Waals surface area contributed by atoms with Gasteiger partial charge in [0.05, 0.1) is 0 Å². The van der Waals surface area contributed by atoms with Gasteiger partial charge in [-0.1, -0.05) is 18.2 Å². The predicted molar refractivity (Wildman–Crippen MR) is 43.4 cm³/mol. The first-order valence-electron chi connectivity index (χ1n) is 3.20. The van der Waals surface area contributed by atoms with Crippen molar-refractivity contribution in [3.8, 4) is 0 Å². The van der Waals surface area contributed by atoms with Gasteiger partial charge in [-0.15, -0.1) is 0 Å². The van der Waals surface area contributed by atoms with Crippen LogP contribution in [-0.2, 0) is 0 Å². The highest BCUT2D eigenvalue weighted by molar-refractivity contribution is 5.25. The predicted octanol–water partition coefficient (Wildman–Crippen LogP) is 3.38. The zero-order chi connectivity index (χ0) is 8.15. The molecule has 0 radical (unpaired) electrons. The molecule has 10 heavy (non-hydrogen) atoms. The van der Waals surface area contributed by atoms with Gasteiger partial charge in [-0.05, 0) is 32.4 Å². The minimum Gasteiger partial charge on any atom is -0.208 e. The molecule has 0 amide bonds. The van der Waals surface area contributed by atoms with Gasteiger partial charge in [0.2, 0.25) is 0 Å². The second-order valence-corrected chi connectivity index (χ2v) is 2.56. The van der Waals surface area contributed by atoms with Gasteiger partial charge in [0.1, 0.15) is 5.83 Å². The lowest BCUT2D eigenvalue weighted by molar-refractivity contribution is 0.670. The van der Waals surface area contributed by atoms with E-state index in [0.29, 0.717) is 0 Å². The molecule has 0 N–H and O–H groups in total. The first-order valence-corrected chi connectivity index (χ1v) is 3.20. The van der Waals surface area contributed by atoms with E-state index in [-0.39, 0.29) is 0 Å². The van der Waals surface area contributed by atoms with Crippen molar-refractivity contribution in [2.45, 2.75) is 20.8 Å². The number of allylic oxidation sites excluding steroid dienone is 5. The summed E-state index contributed by atoms with van der Waals surface area (Å²) in [5.74, 6) is -0.394. The van der Waals surface area contributed by atoms with Crippen molar-refractivity contribution < 1.29 is 4.39 Å². The molecule has 0 spiro atoms. The molecule has 1 heteroatoms. The summed E-state index contributed by atoms with van der Waals surface area (Å²) in [5.41, 5.74) is 2.06. The summed E-state index contributed by atoms with van der Waals surface area (Å²) in [5, 5.41) is 0. The Bertz CT molecular complexity index is 181. The normalized spacial score (nSPS) is 11.0. The average molecular weight is 140 g/mol. The molecule has 0 atom stereocenters. The van der Waals surface area contributed by atoms with Gasteiger partial charge >= 0.3 is 0 Å². The second-order valence-electron chi connectivity index (χ2n) is 2.56. The Balaban J connectivity index is 4.22. The minimum absolute atomic E-state index is 0.394. The van der Waals surface area contributed by atoms with E-state index in [0.717, 1.165) is 11.1 Å². The van der Waals surface area contributed by atoms with Crippen LogP contribution in [0.15, 0.2) is 35.7 Å². The minimum atomic E-state index is -0.394. The monoisotopic (exact) mass is 140 g/mol. The van der Waals surface area contributed by atoms with Crippen LogP contribution in [0.25, 0.3) is 0 Å². The Labute approximate surface area is 61.8 Å². The van der Waals surface area contributed by atoms with E-state index in [2.05, 4.69) is 6.58 Å². The average Bonchev–Trinajstić information content (AvgIpc) is 1.58. The van der Waals surface area contributed by atoms with Crippen LogP contribution in [0.3, 0.4) is 0 Å². The van der Waals surface area contributed by atoms with E-state index in [1.165, 1.54) is 6.08 Å². The Morgan fingerprint density at radius 1 is 1.20 bits per heavy atom. The van der Waals surface area contributed by atoms with Crippen molar-refractivity contribution >= 4 is 0 Å². The topological polar surface area (TPSA) is 0 Å². The standard InChI is InChI=1S/C9H13F/c1-7(2)5-8(3)6-9(4)10/h5-6H,4H2,1-3H3/b8-6-. The summed E-state index contributed by atoms with van der Waals surface area (Å²) >= 11 is 0. The zero-order valence-electron chi connectivity index (χ0n) is 6.74. The summed E-state index contributed by atoms with van der Waals surface area (Å²) in [6, 6.07) is 0. The molecule has 0 aliphatic rings. The maximum absolute atomic E-state index is 12.1. The molecule has 56 valence electrons. The molecule has 0 aromatic heterocycles. The molecule has 0 saturated carbocycles. The third-order valence-electron chi connectivity index (χ3n) is 0.901. The number of hydrogen-bond acceptors (Lipinski definition) is 0. The van der Waals surface area contributed by atoms with Gasteiger partial charge in [-0.2, -0.15) is 0 Å². The van der Waals surface area contributed by atoms with Crippen molar-refractivity contribution in [3.05, 3.63) is 35.7 Å². The highest BCUT2D eigenvalue weighted by atomic mass is 19.1.